The Hall–Kier alpha value is -1.46. The van der Waals surface area contributed by atoms with Crippen molar-refractivity contribution in [3.05, 3.63) is 58.6 Å². The summed E-state index contributed by atoms with van der Waals surface area (Å²) in [5.74, 6) is -0.266. The van der Waals surface area contributed by atoms with E-state index in [4.69, 9.17) is 10.5 Å². The van der Waals surface area contributed by atoms with E-state index in [-0.39, 0.29) is 12.3 Å². The Bertz CT molecular complexity index is 522. The molecule has 1 aromatic carbocycles. The Kier molecular flexibility index (Phi) is 4.28. The molecule has 0 saturated carbocycles. The van der Waals surface area contributed by atoms with Gasteiger partial charge in [-0.25, -0.2) is 4.39 Å². The molecule has 0 aliphatic rings. The quantitative estimate of drug-likeness (QED) is 0.944. The van der Waals surface area contributed by atoms with Crippen molar-refractivity contribution in [2.75, 3.05) is 6.54 Å². The lowest BCUT2D eigenvalue weighted by atomic mass is 10.2. The van der Waals surface area contributed by atoms with Gasteiger partial charge in [0.1, 0.15) is 0 Å². The maximum atomic E-state index is 13.6. The summed E-state index contributed by atoms with van der Waals surface area (Å²) >= 11 is 3.27. The van der Waals surface area contributed by atoms with Crippen molar-refractivity contribution in [1.82, 2.24) is 4.98 Å². The minimum Gasteiger partial charge on any atom is -0.480 e. The first-order valence-corrected chi connectivity index (χ1v) is 6.22. The monoisotopic (exact) mass is 310 g/mol. The molecule has 0 spiro atoms. The highest BCUT2D eigenvalue weighted by Gasteiger charge is 2.15. The van der Waals surface area contributed by atoms with Crippen molar-refractivity contribution in [2.45, 2.75) is 6.10 Å². The van der Waals surface area contributed by atoms with Gasteiger partial charge in [0.2, 0.25) is 0 Å². The molecular weight excluding hydrogens is 299 g/mol. The summed E-state index contributed by atoms with van der Waals surface area (Å²) in [6, 6.07) is 9.96. The number of hydrogen-bond donors (Lipinski definition) is 1. The number of halogens is 2. The molecule has 0 radical (unpaired) electrons. The molecule has 5 heteroatoms. The number of rotatable bonds is 4. The molecule has 94 valence electrons. The van der Waals surface area contributed by atoms with Crippen molar-refractivity contribution < 1.29 is 9.13 Å². The number of hydrogen-bond acceptors (Lipinski definition) is 3. The van der Waals surface area contributed by atoms with E-state index in [0.29, 0.717) is 5.69 Å². The largest absolute Gasteiger partial charge is 0.480 e. The molecule has 3 nitrogen and oxygen atoms in total. The molecule has 1 unspecified atom stereocenters. The predicted octanol–water partition coefficient (Wildman–Crippen LogP) is 3.06. The van der Waals surface area contributed by atoms with Gasteiger partial charge >= 0.3 is 0 Å². The minimum absolute atomic E-state index is 0.158. The van der Waals surface area contributed by atoms with Crippen molar-refractivity contribution in [1.29, 1.82) is 0 Å². The van der Waals surface area contributed by atoms with Crippen molar-refractivity contribution in [3.63, 3.8) is 0 Å². The summed E-state index contributed by atoms with van der Waals surface area (Å²) in [5.41, 5.74) is 6.32. The fourth-order valence-electron chi connectivity index (χ4n) is 1.52. The van der Waals surface area contributed by atoms with E-state index in [2.05, 4.69) is 20.9 Å². The number of pyridine rings is 1. The minimum atomic E-state index is -0.463. The summed E-state index contributed by atoms with van der Waals surface area (Å²) in [7, 11) is 0. The zero-order valence-electron chi connectivity index (χ0n) is 9.51. The van der Waals surface area contributed by atoms with Crippen LogP contribution >= 0.6 is 15.9 Å². The Morgan fingerprint density at radius 1 is 1.33 bits per heavy atom. The Labute approximate surface area is 113 Å². The van der Waals surface area contributed by atoms with E-state index in [1.54, 1.807) is 30.5 Å². The maximum Gasteiger partial charge on any atom is 0.165 e. The van der Waals surface area contributed by atoms with Crippen LogP contribution in [-0.2, 0) is 0 Å². The van der Waals surface area contributed by atoms with Crippen LogP contribution in [0.15, 0.2) is 47.1 Å². The highest BCUT2D eigenvalue weighted by Crippen LogP contribution is 2.26. The van der Waals surface area contributed by atoms with Crippen molar-refractivity contribution >= 4 is 15.9 Å². The van der Waals surface area contributed by atoms with Gasteiger partial charge in [-0.2, -0.15) is 0 Å². The van der Waals surface area contributed by atoms with Crippen LogP contribution in [0.4, 0.5) is 4.39 Å². The van der Waals surface area contributed by atoms with Crippen molar-refractivity contribution in [2.24, 2.45) is 5.73 Å². The van der Waals surface area contributed by atoms with Gasteiger partial charge in [0.25, 0.3) is 0 Å². The first-order valence-electron chi connectivity index (χ1n) is 5.43. The number of nitrogens with zero attached hydrogens (tertiary/aromatic N) is 1. The van der Waals surface area contributed by atoms with Crippen LogP contribution in [-0.4, -0.2) is 11.5 Å². The third-order valence-electron chi connectivity index (χ3n) is 2.39. The molecular formula is C13H12BrFN2O. The lowest BCUT2D eigenvalue weighted by Gasteiger charge is -2.17. The van der Waals surface area contributed by atoms with Crippen LogP contribution in [0.5, 0.6) is 5.75 Å². The summed E-state index contributed by atoms with van der Waals surface area (Å²) in [4.78, 5) is 4.16. The molecule has 0 amide bonds. The molecule has 18 heavy (non-hydrogen) atoms. The second kappa shape index (κ2) is 5.93. The van der Waals surface area contributed by atoms with Gasteiger partial charge in [0, 0.05) is 17.2 Å². The van der Waals surface area contributed by atoms with Gasteiger partial charge in [0.15, 0.2) is 17.7 Å². The summed E-state index contributed by atoms with van der Waals surface area (Å²) in [6.45, 7) is 0.225. The molecule has 2 N–H and O–H groups in total. The topological polar surface area (TPSA) is 48.1 Å². The second-order valence-corrected chi connectivity index (χ2v) is 4.59. The summed E-state index contributed by atoms with van der Waals surface area (Å²) in [5, 5.41) is 0. The molecule has 1 atom stereocenters. The van der Waals surface area contributed by atoms with E-state index >= 15 is 0 Å². The zero-order chi connectivity index (χ0) is 13.0. The van der Waals surface area contributed by atoms with Gasteiger partial charge in [-0.15, -0.1) is 0 Å². The lowest BCUT2D eigenvalue weighted by molar-refractivity contribution is 0.200. The molecule has 0 aliphatic heterocycles. The van der Waals surface area contributed by atoms with Crippen LogP contribution in [0.1, 0.15) is 11.8 Å². The summed E-state index contributed by atoms with van der Waals surface area (Å²) in [6.07, 6.45) is 1.19. The molecule has 0 aliphatic carbocycles. The molecule has 1 heterocycles. The average molecular weight is 311 g/mol. The molecule has 1 aromatic heterocycles. The molecule has 0 saturated heterocycles. The normalized spacial score (nSPS) is 12.2. The smallest absolute Gasteiger partial charge is 0.165 e. The van der Waals surface area contributed by atoms with Crippen LogP contribution in [0.3, 0.4) is 0 Å². The molecule has 0 fully saturated rings. The Morgan fingerprint density at radius 3 is 2.83 bits per heavy atom. The first-order chi connectivity index (χ1) is 8.70. The third kappa shape index (κ3) is 3.05. The Balaban J connectivity index is 2.23. The SMILES string of the molecule is NCC(Oc1cc(Br)ccc1F)c1ccccn1. The molecule has 2 rings (SSSR count). The highest BCUT2D eigenvalue weighted by molar-refractivity contribution is 9.10. The lowest BCUT2D eigenvalue weighted by Crippen LogP contribution is -2.19. The van der Waals surface area contributed by atoms with Gasteiger partial charge in [-0.3, -0.25) is 4.98 Å². The zero-order valence-corrected chi connectivity index (χ0v) is 11.1. The van der Waals surface area contributed by atoms with Gasteiger partial charge in [-0.1, -0.05) is 22.0 Å². The third-order valence-corrected chi connectivity index (χ3v) is 2.89. The molecule has 0 bridgehead atoms. The molecule has 2 aromatic rings. The fourth-order valence-corrected chi connectivity index (χ4v) is 1.86. The maximum absolute atomic E-state index is 13.6. The van der Waals surface area contributed by atoms with E-state index in [1.807, 2.05) is 6.07 Å². The number of nitrogens with two attached hydrogens (primary N) is 1. The van der Waals surface area contributed by atoms with Crippen LogP contribution in [0.2, 0.25) is 0 Å². The Morgan fingerprint density at radius 2 is 2.17 bits per heavy atom. The predicted molar refractivity (Wildman–Crippen MR) is 70.8 cm³/mol. The van der Waals surface area contributed by atoms with E-state index < -0.39 is 11.9 Å². The highest BCUT2D eigenvalue weighted by atomic mass is 79.9. The number of benzene rings is 1. The van der Waals surface area contributed by atoms with E-state index in [1.165, 1.54) is 6.07 Å². The summed E-state index contributed by atoms with van der Waals surface area (Å²) < 4.78 is 19.9. The van der Waals surface area contributed by atoms with Crippen LogP contribution in [0, 0.1) is 5.82 Å². The standard InChI is InChI=1S/C13H12BrFN2O/c14-9-4-5-10(15)12(7-9)18-13(8-16)11-3-1-2-6-17-11/h1-7,13H,8,16H2. The van der Waals surface area contributed by atoms with E-state index in [0.717, 1.165) is 4.47 Å². The van der Waals surface area contributed by atoms with Crippen LogP contribution in [0.25, 0.3) is 0 Å². The first kappa shape index (κ1) is 13.0. The van der Waals surface area contributed by atoms with Crippen molar-refractivity contribution in [3.8, 4) is 5.75 Å². The van der Waals surface area contributed by atoms with E-state index in [9.17, 15) is 4.39 Å². The average Bonchev–Trinajstić information content (AvgIpc) is 2.41. The van der Waals surface area contributed by atoms with Crippen LogP contribution < -0.4 is 10.5 Å². The number of aromatic nitrogens is 1. The second-order valence-electron chi connectivity index (χ2n) is 3.67. The van der Waals surface area contributed by atoms with Gasteiger partial charge in [-0.05, 0) is 30.3 Å². The number of ether oxygens (including phenoxy) is 1. The van der Waals surface area contributed by atoms with Gasteiger partial charge < -0.3 is 10.5 Å². The fraction of sp³-hybridized carbons (Fsp3) is 0.154. The van der Waals surface area contributed by atoms with Gasteiger partial charge in [0.05, 0.1) is 5.69 Å².